The van der Waals surface area contributed by atoms with E-state index in [0.29, 0.717) is 6.61 Å². The highest BCUT2D eigenvalue weighted by Gasteiger charge is 2.51. The number of benzene rings is 3. The lowest BCUT2D eigenvalue weighted by Crippen LogP contribution is -2.67. The highest BCUT2D eigenvalue weighted by Crippen LogP contribution is 2.38. The number of hydrazone groups is 1. The van der Waals surface area contributed by atoms with Gasteiger partial charge in [0.05, 0.1) is 19.2 Å². The van der Waals surface area contributed by atoms with Crippen LogP contribution in [0.2, 0.25) is 5.04 Å². The van der Waals surface area contributed by atoms with E-state index in [1.807, 2.05) is 11.1 Å². The number of nitrogens with zero attached hydrogens (tertiary/aromatic N) is 3. The molecule has 3 aromatic carbocycles. The number of rotatable bonds is 7. The Morgan fingerprint density at radius 1 is 0.882 bits per heavy atom. The molecule has 0 aromatic heterocycles. The van der Waals surface area contributed by atoms with Crippen molar-refractivity contribution in [1.82, 2.24) is 9.91 Å². The molecule has 2 aliphatic rings. The van der Waals surface area contributed by atoms with Crippen molar-refractivity contribution in [1.29, 1.82) is 0 Å². The fraction of sp³-hybridized carbons (Fsp3) is 0.310. The van der Waals surface area contributed by atoms with Gasteiger partial charge >= 0.3 is 0 Å². The van der Waals surface area contributed by atoms with Crippen LogP contribution in [0.5, 0.6) is 0 Å². The summed E-state index contributed by atoms with van der Waals surface area (Å²) in [6.45, 7) is 11.9. The van der Waals surface area contributed by atoms with Crippen LogP contribution < -0.4 is 10.4 Å². The molecule has 0 spiro atoms. The second kappa shape index (κ2) is 9.39. The molecule has 1 fully saturated rings. The lowest BCUT2D eigenvalue weighted by atomic mass is 10.2. The summed E-state index contributed by atoms with van der Waals surface area (Å²) in [6.07, 6.45) is 2.01. The molecule has 0 unspecified atom stereocenters. The van der Waals surface area contributed by atoms with Gasteiger partial charge in [-0.05, 0) is 27.4 Å². The zero-order valence-corrected chi connectivity index (χ0v) is 21.3. The maximum absolute atomic E-state index is 7.20. The summed E-state index contributed by atoms with van der Waals surface area (Å²) in [5, 5.41) is 9.39. The monoisotopic (exact) mass is 467 g/mol. The Labute approximate surface area is 205 Å². The zero-order valence-electron chi connectivity index (χ0n) is 20.3. The minimum atomic E-state index is -2.55. The molecule has 1 saturated heterocycles. The summed E-state index contributed by atoms with van der Waals surface area (Å²) in [7, 11) is -2.55. The van der Waals surface area contributed by atoms with Crippen molar-refractivity contribution in [3.63, 3.8) is 0 Å². The third-order valence-corrected chi connectivity index (χ3v) is 11.9. The van der Waals surface area contributed by atoms with Gasteiger partial charge in [0, 0.05) is 6.42 Å². The quantitative estimate of drug-likeness (QED) is 0.465. The smallest absolute Gasteiger partial charge is 0.261 e. The van der Waals surface area contributed by atoms with Crippen LogP contribution in [0.25, 0.3) is 0 Å². The van der Waals surface area contributed by atoms with E-state index in [1.54, 1.807) is 0 Å². The van der Waals surface area contributed by atoms with Crippen LogP contribution in [-0.2, 0) is 11.0 Å². The molecule has 0 N–H and O–H groups in total. The molecule has 2 radical (unpaired) electrons. The molecule has 0 saturated carbocycles. The van der Waals surface area contributed by atoms with Crippen LogP contribution in [0, 0.1) is 6.67 Å². The minimum Gasteiger partial charge on any atom is -0.405 e. The van der Waals surface area contributed by atoms with Crippen molar-refractivity contribution in [3.8, 4) is 0 Å². The van der Waals surface area contributed by atoms with Gasteiger partial charge in [-0.1, -0.05) is 112 Å². The fourth-order valence-electron chi connectivity index (χ4n) is 5.25. The van der Waals surface area contributed by atoms with E-state index in [1.165, 1.54) is 15.9 Å². The van der Waals surface area contributed by atoms with E-state index < -0.39 is 8.32 Å². The Bertz CT molecular complexity index is 1070. The SMILES string of the molecule is CC(C)(C)[Si](OC[C@@H]1CCC2=NN(Cc3ccccc3)[C]N21)(c1ccccc1)c1ccccc1. The molecule has 4 nitrogen and oxygen atoms in total. The third kappa shape index (κ3) is 4.30. The van der Waals surface area contributed by atoms with Gasteiger partial charge in [-0.15, -0.1) is 0 Å². The highest BCUT2D eigenvalue weighted by molar-refractivity contribution is 6.99. The highest BCUT2D eigenvalue weighted by atomic mass is 28.4. The number of hydrogen-bond donors (Lipinski definition) is 0. The van der Waals surface area contributed by atoms with E-state index in [0.717, 1.165) is 25.2 Å². The molecular formula is C29H33N3OSi. The van der Waals surface area contributed by atoms with E-state index in [4.69, 9.17) is 9.53 Å². The summed E-state index contributed by atoms with van der Waals surface area (Å²) in [6, 6.07) is 32.4. The lowest BCUT2D eigenvalue weighted by Gasteiger charge is -2.44. The molecule has 2 aliphatic heterocycles. The van der Waals surface area contributed by atoms with Crippen molar-refractivity contribution >= 4 is 24.5 Å². The van der Waals surface area contributed by atoms with Crippen molar-refractivity contribution < 1.29 is 4.43 Å². The second-order valence-electron chi connectivity index (χ2n) is 10.2. The van der Waals surface area contributed by atoms with Gasteiger partial charge in [0.2, 0.25) is 6.67 Å². The molecule has 0 bridgehead atoms. The van der Waals surface area contributed by atoms with E-state index in [-0.39, 0.29) is 11.1 Å². The lowest BCUT2D eigenvalue weighted by molar-refractivity contribution is 0.191. The van der Waals surface area contributed by atoms with Gasteiger partial charge in [-0.2, -0.15) is 5.10 Å². The number of hydrogen-bond acceptors (Lipinski definition) is 4. The Morgan fingerprint density at radius 3 is 2.00 bits per heavy atom. The number of fused-ring (bicyclic) bond motifs is 1. The molecule has 0 amide bonds. The van der Waals surface area contributed by atoms with Crippen LogP contribution in [0.1, 0.15) is 39.2 Å². The first-order chi connectivity index (χ1) is 16.5. The Hall–Kier alpha value is -2.89. The van der Waals surface area contributed by atoms with E-state index in [9.17, 15) is 0 Å². The van der Waals surface area contributed by atoms with Crippen molar-refractivity contribution in [2.45, 2.75) is 51.2 Å². The standard InChI is InChI=1S/C29H33N3OSi/c1-29(2,3)34(26-15-9-5-10-16-26,27-17-11-6-12-18-27)33-22-25-19-20-28-30-31(23-32(25)28)21-24-13-7-4-8-14-24/h4-18,25H,19-22H2,1-3H3/t25-/m0/s1. The van der Waals surface area contributed by atoms with Gasteiger partial charge in [-0.3, -0.25) is 5.01 Å². The largest absolute Gasteiger partial charge is 0.405 e. The molecule has 1 atom stereocenters. The first-order valence-corrected chi connectivity index (χ1v) is 14.1. The van der Waals surface area contributed by atoms with Gasteiger partial charge in [0.1, 0.15) is 5.84 Å². The van der Waals surface area contributed by atoms with Crippen LogP contribution in [0.3, 0.4) is 0 Å². The zero-order chi connectivity index (χ0) is 23.6. The van der Waals surface area contributed by atoms with Crippen LogP contribution >= 0.6 is 0 Å². The molecule has 0 aliphatic carbocycles. The first-order valence-electron chi connectivity index (χ1n) is 12.2. The second-order valence-corrected chi connectivity index (χ2v) is 14.5. The topological polar surface area (TPSA) is 28.1 Å². The summed E-state index contributed by atoms with van der Waals surface area (Å²) in [4.78, 5) is 2.22. The summed E-state index contributed by atoms with van der Waals surface area (Å²) in [5.41, 5.74) is 1.24. The maximum Gasteiger partial charge on any atom is 0.261 e. The Kier molecular flexibility index (Phi) is 6.32. The van der Waals surface area contributed by atoms with Crippen LogP contribution in [0.15, 0.2) is 96.1 Å². The van der Waals surface area contributed by atoms with Crippen molar-refractivity contribution in [3.05, 3.63) is 103 Å². The third-order valence-electron chi connectivity index (χ3n) is 6.89. The first kappa shape index (κ1) is 22.9. The normalized spacial score (nSPS) is 18.2. The van der Waals surface area contributed by atoms with Crippen molar-refractivity contribution in [2.75, 3.05) is 6.61 Å². The average Bonchev–Trinajstić information content (AvgIpc) is 3.41. The predicted octanol–water partition coefficient (Wildman–Crippen LogP) is 4.85. The van der Waals surface area contributed by atoms with E-state index in [2.05, 4.69) is 117 Å². The molecule has 5 heteroatoms. The van der Waals surface area contributed by atoms with Crippen molar-refractivity contribution in [2.24, 2.45) is 5.10 Å². The van der Waals surface area contributed by atoms with Crippen LogP contribution in [-0.4, -0.2) is 36.7 Å². The minimum absolute atomic E-state index is 0.0248. The molecule has 5 rings (SSSR count). The van der Waals surface area contributed by atoms with Gasteiger partial charge in [0.15, 0.2) is 0 Å². The molecule has 3 aromatic rings. The molecule has 2 heterocycles. The number of amidine groups is 1. The van der Waals surface area contributed by atoms with Gasteiger partial charge in [0.25, 0.3) is 8.32 Å². The summed E-state index contributed by atoms with van der Waals surface area (Å²) < 4.78 is 7.20. The summed E-state index contributed by atoms with van der Waals surface area (Å²) >= 11 is 0. The van der Waals surface area contributed by atoms with E-state index >= 15 is 0 Å². The maximum atomic E-state index is 7.20. The molecule has 34 heavy (non-hydrogen) atoms. The summed E-state index contributed by atoms with van der Waals surface area (Å²) in [5.74, 6) is 1.10. The Balaban J connectivity index is 1.38. The fourth-order valence-corrected chi connectivity index (χ4v) is 9.85. The van der Waals surface area contributed by atoms with Gasteiger partial charge in [-0.25, -0.2) is 0 Å². The van der Waals surface area contributed by atoms with Gasteiger partial charge < -0.3 is 9.33 Å². The Morgan fingerprint density at radius 2 is 1.44 bits per heavy atom. The molecule has 174 valence electrons. The van der Waals surface area contributed by atoms with Crippen LogP contribution in [0.4, 0.5) is 0 Å². The average molecular weight is 468 g/mol. The predicted molar refractivity (Wildman–Crippen MR) is 141 cm³/mol. The molecular weight excluding hydrogens is 434 g/mol.